The number of aromatic nitrogens is 2. The molecular weight excluding hydrogens is 351 g/mol. The van der Waals surface area contributed by atoms with Gasteiger partial charge in [0.1, 0.15) is 6.23 Å². The molecule has 1 aliphatic heterocycles. The molecule has 3 atom stereocenters. The third-order valence-corrected chi connectivity index (χ3v) is 4.33. The average Bonchev–Trinajstić information content (AvgIpc) is 2.76. The van der Waals surface area contributed by atoms with E-state index in [1.54, 1.807) is 6.92 Å². The lowest BCUT2D eigenvalue weighted by molar-refractivity contribution is -0.0308. The first-order chi connectivity index (χ1) is 8.56. The number of halogens is 1. The fourth-order valence-corrected chi connectivity index (χ4v) is 3.04. The normalized spacial score (nSPS) is 27.6. The summed E-state index contributed by atoms with van der Waals surface area (Å²) in [7, 11) is 0. The molecule has 1 aromatic heterocycles. The van der Waals surface area contributed by atoms with Crippen molar-refractivity contribution >= 4 is 22.6 Å². The van der Waals surface area contributed by atoms with Crippen LogP contribution < -0.4 is 11.2 Å². The molecule has 0 saturated carbocycles. The molecular formula is C11H15IN2O4. The van der Waals surface area contributed by atoms with Gasteiger partial charge in [-0.25, -0.2) is 4.79 Å². The quantitative estimate of drug-likeness (QED) is 0.591. The van der Waals surface area contributed by atoms with Crippen LogP contribution in [0.1, 0.15) is 18.2 Å². The maximum atomic E-state index is 11.7. The highest BCUT2D eigenvalue weighted by atomic mass is 127. The highest BCUT2D eigenvalue weighted by molar-refractivity contribution is 14.1. The highest BCUT2D eigenvalue weighted by Gasteiger charge is 2.35. The van der Waals surface area contributed by atoms with Crippen LogP contribution in [-0.2, 0) is 4.74 Å². The minimum absolute atomic E-state index is 0.0543. The van der Waals surface area contributed by atoms with Crippen LogP contribution in [0.3, 0.4) is 0 Å². The predicted octanol–water partition coefficient (Wildman–Crippen LogP) is 0.176. The first-order valence-corrected chi connectivity index (χ1v) is 7.23. The van der Waals surface area contributed by atoms with Crippen LogP contribution in [0.2, 0.25) is 0 Å². The summed E-state index contributed by atoms with van der Waals surface area (Å²) in [4.78, 5) is 25.3. The number of ether oxygens (including phenoxy) is 1. The van der Waals surface area contributed by atoms with E-state index in [1.165, 1.54) is 10.8 Å². The fraction of sp³-hybridized carbons (Fsp3) is 0.636. The van der Waals surface area contributed by atoms with Crippen LogP contribution in [0.25, 0.3) is 0 Å². The Morgan fingerprint density at radius 2 is 2.33 bits per heavy atom. The van der Waals surface area contributed by atoms with E-state index >= 15 is 0 Å². The maximum absolute atomic E-state index is 11.7. The molecule has 1 aromatic rings. The molecule has 0 radical (unpaired) electrons. The number of aliphatic hydroxyl groups is 1. The summed E-state index contributed by atoms with van der Waals surface area (Å²) in [5.41, 5.74) is -0.378. The van der Waals surface area contributed by atoms with Gasteiger partial charge in [-0.2, -0.15) is 0 Å². The van der Waals surface area contributed by atoms with Crippen LogP contribution in [-0.4, -0.2) is 31.8 Å². The number of hydrogen-bond donors (Lipinski definition) is 2. The van der Waals surface area contributed by atoms with Crippen LogP contribution in [0.5, 0.6) is 0 Å². The Bertz CT molecular complexity index is 527. The van der Waals surface area contributed by atoms with Crippen molar-refractivity contribution in [1.82, 2.24) is 9.55 Å². The molecule has 1 aliphatic rings. The van der Waals surface area contributed by atoms with Crippen molar-refractivity contribution in [3.05, 3.63) is 32.6 Å². The number of nitrogens with one attached hydrogen (secondary N) is 1. The van der Waals surface area contributed by atoms with Gasteiger partial charge in [-0.3, -0.25) is 14.3 Å². The number of nitrogens with zero attached hydrogens (tertiary/aromatic N) is 1. The predicted molar refractivity (Wildman–Crippen MR) is 74.0 cm³/mol. The van der Waals surface area contributed by atoms with Gasteiger partial charge in [0, 0.05) is 22.1 Å². The smallest absolute Gasteiger partial charge is 0.330 e. The molecule has 0 bridgehead atoms. The van der Waals surface area contributed by atoms with E-state index in [4.69, 9.17) is 4.74 Å². The van der Waals surface area contributed by atoms with Gasteiger partial charge in [-0.1, -0.05) is 22.6 Å². The molecule has 2 N–H and O–H groups in total. The summed E-state index contributed by atoms with van der Waals surface area (Å²) in [5.74, 6) is 0.222. The molecule has 0 aromatic carbocycles. The van der Waals surface area contributed by atoms with Crippen molar-refractivity contribution in [2.45, 2.75) is 25.7 Å². The van der Waals surface area contributed by atoms with Crippen molar-refractivity contribution in [3.63, 3.8) is 0 Å². The lowest BCUT2D eigenvalue weighted by Crippen LogP contribution is -2.33. The second kappa shape index (κ2) is 5.54. The zero-order valence-corrected chi connectivity index (χ0v) is 12.1. The summed E-state index contributed by atoms with van der Waals surface area (Å²) < 4.78 is 7.91. The van der Waals surface area contributed by atoms with E-state index in [0.29, 0.717) is 12.0 Å². The van der Waals surface area contributed by atoms with Crippen molar-refractivity contribution in [2.75, 3.05) is 11.0 Å². The van der Waals surface area contributed by atoms with Crippen LogP contribution in [0.15, 0.2) is 15.8 Å². The Kier molecular flexibility index (Phi) is 4.23. The number of H-pyrrole nitrogens is 1. The van der Waals surface area contributed by atoms with Crippen LogP contribution in [0, 0.1) is 12.8 Å². The Labute approximate surface area is 117 Å². The van der Waals surface area contributed by atoms with Gasteiger partial charge >= 0.3 is 5.69 Å². The van der Waals surface area contributed by atoms with Gasteiger partial charge in [0.2, 0.25) is 0 Å². The molecule has 18 heavy (non-hydrogen) atoms. The van der Waals surface area contributed by atoms with Gasteiger partial charge in [0.25, 0.3) is 5.56 Å². The Balaban J connectivity index is 2.31. The number of rotatable bonds is 3. The van der Waals surface area contributed by atoms with Gasteiger partial charge < -0.3 is 9.84 Å². The third-order valence-electron chi connectivity index (χ3n) is 3.20. The van der Waals surface area contributed by atoms with Crippen molar-refractivity contribution in [2.24, 2.45) is 5.92 Å². The molecule has 0 spiro atoms. The lowest BCUT2D eigenvalue weighted by Gasteiger charge is -2.15. The minimum atomic E-state index is -0.471. The summed E-state index contributed by atoms with van der Waals surface area (Å²) >= 11 is 2.24. The molecule has 0 aliphatic carbocycles. The Morgan fingerprint density at radius 1 is 1.61 bits per heavy atom. The zero-order chi connectivity index (χ0) is 13.3. The first-order valence-electron chi connectivity index (χ1n) is 5.71. The zero-order valence-electron chi connectivity index (χ0n) is 9.93. The number of aromatic amines is 1. The number of aryl methyl sites for hydroxylation is 1. The molecule has 0 amide bonds. The molecule has 2 heterocycles. The fourth-order valence-electron chi connectivity index (χ4n) is 2.11. The van der Waals surface area contributed by atoms with E-state index in [9.17, 15) is 14.7 Å². The molecule has 6 nitrogen and oxygen atoms in total. The van der Waals surface area contributed by atoms with Gasteiger partial charge in [0.05, 0.1) is 12.7 Å². The number of aliphatic hydroxyl groups excluding tert-OH is 1. The van der Waals surface area contributed by atoms with Gasteiger partial charge in [-0.05, 0) is 13.3 Å². The highest BCUT2D eigenvalue weighted by Crippen LogP contribution is 2.33. The van der Waals surface area contributed by atoms with Crippen molar-refractivity contribution < 1.29 is 9.84 Å². The second-order valence-corrected chi connectivity index (χ2v) is 5.32. The summed E-state index contributed by atoms with van der Waals surface area (Å²) in [6.07, 6.45) is 1.52. The second-order valence-electron chi connectivity index (χ2n) is 4.44. The molecule has 1 saturated heterocycles. The van der Waals surface area contributed by atoms with E-state index in [0.717, 1.165) is 4.43 Å². The third kappa shape index (κ3) is 2.52. The maximum Gasteiger partial charge on any atom is 0.330 e. The van der Waals surface area contributed by atoms with E-state index in [-0.39, 0.29) is 24.2 Å². The standard InChI is InChI=1S/C11H15IN2O4/c1-6-4-14(11(17)13-10(6)16)9-2-7(3-12)8(5-15)18-9/h4,7-9,15H,2-3,5H2,1H3,(H,13,16,17). The Hall–Kier alpha value is -0.670. The Morgan fingerprint density at radius 3 is 2.89 bits per heavy atom. The van der Waals surface area contributed by atoms with E-state index < -0.39 is 11.9 Å². The number of alkyl halides is 1. The van der Waals surface area contributed by atoms with Crippen LogP contribution >= 0.6 is 22.6 Å². The van der Waals surface area contributed by atoms with E-state index in [2.05, 4.69) is 27.6 Å². The van der Waals surface area contributed by atoms with Crippen LogP contribution in [0.4, 0.5) is 0 Å². The largest absolute Gasteiger partial charge is 0.394 e. The average molecular weight is 366 g/mol. The van der Waals surface area contributed by atoms with Gasteiger partial charge in [-0.15, -0.1) is 0 Å². The molecule has 7 heteroatoms. The summed E-state index contributed by atoms with van der Waals surface area (Å²) in [5, 5.41) is 9.23. The molecule has 3 unspecified atom stereocenters. The summed E-state index contributed by atoms with van der Waals surface area (Å²) in [6, 6.07) is 0. The van der Waals surface area contributed by atoms with Crippen molar-refractivity contribution in [1.29, 1.82) is 0 Å². The number of hydrogen-bond acceptors (Lipinski definition) is 4. The minimum Gasteiger partial charge on any atom is -0.394 e. The lowest BCUT2D eigenvalue weighted by atomic mass is 10.0. The van der Waals surface area contributed by atoms with Gasteiger partial charge in [0.15, 0.2) is 0 Å². The van der Waals surface area contributed by atoms with Crippen molar-refractivity contribution in [3.8, 4) is 0 Å². The molecule has 1 fully saturated rings. The topological polar surface area (TPSA) is 84.3 Å². The molecule has 100 valence electrons. The van der Waals surface area contributed by atoms with E-state index in [1.807, 2.05) is 0 Å². The monoisotopic (exact) mass is 366 g/mol. The molecule has 2 rings (SSSR count). The summed E-state index contributed by atoms with van der Waals surface area (Å²) in [6.45, 7) is 1.59. The first kappa shape index (κ1) is 13.8. The SMILES string of the molecule is Cc1cn(C2CC(CI)C(CO)O2)c(=O)[nH]c1=O.